The van der Waals surface area contributed by atoms with Gasteiger partial charge in [-0.15, -0.1) is 0 Å². The van der Waals surface area contributed by atoms with Gasteiger partial charge in [0, 0.05) is 23.8 Å². The lowest BCUT2D eigenvalue weighted by Gasteiger charge is -2.43. The number of carbonyl (C=O) groups excluding carboxylic acids is 1. The lowest BCUT2D eigenvalue weighted by Crippen LogP contribution is -2.62. The van der Waals surface area contributed by atoms with Crippen molar-refractivity contribution in [3.8, 4) is 45.8 Å². The molecule has 18 nitrogen and oxygen atoms in total. The third kappa shape index (κ3) is 7.77. The molecule has 0 saturated carbocycles. The highest BCUT2D eigenvalue weighted by Gasteiger charge is 2.49. The average molecular weight is 757 g/mol. The second-order valence-electron chi connectivity index (χ2n) is 12.6. The van der Waals surface area contributed by atoms with E-state index in [0.29, 0.717) is 5.56 Å². The van der Waals surface area contributed by atoms with Gasteiger partial charge >= 0.3 is 5.97 Å². The standard InChI is InChI=1S/C36H36O18/c1-14-32(53-24(42)9-4-15-2-6-17(37)7-3-15)29(46)31(48)35(50-14)49-13-23-26(43)28(45)30(47)36(52-23)54-34-27(44)25-21(41)11-18(38)12-22(25)51-33(34)16-5-8-19(39)20(40)10-16/h2-12,14,23,26,28-32,35-41,43,45-48H,13H2,1H3/t14-,23-,26-,28-,29+,30-,31+,32-,35+,36-/m0/s1. The normalized spacial score (nSPS) is 28.6. The zero-order chi connectivity index (χ0) is 39.0. The van der Waals surface area contributed by atoms with Crippen molar-refractivity contribution >= 4 is 23.0 Å². The van der Waals surface area contributed by atoms with Gasteiger partial charge in [-0.3, -0.25) is 4.79 Å². The Bertz CT molecular complexity index is 2080. The molecule has 0 spiro atoms. The molecule has 0 aliphatic carbocycles. The number of carbonyl (C=O) groups is 1. The number of esters is 1. The van der Waals surface area contributed by atoms with Gasteiger partial charge in [0.1, 0.15) is 64.8 Å². The summed E-state index contributed by atoms with van der Waals surface area (Å²) < 4.78 is 33.7. The van der Waals surface area contributed by atoms with Gasteiger partial charge in [0.05, 0.1) is 12.7 Å². The number of rotatable bonds is 9. The van der Waals surface area contributed by atoms with Gasteiger partial charge in [-0.05, 0) is 48.9 Å². The Morgan fingerprint density at radius 2 is 1.46 bits per heavy atom. The lowest BCUT2D eigenvalue weighted by molar-refractivity contribution is -0.319. The Kier molecular flexibility index (Phi) is 11.0. The minimum Gasteiger partial charge on any atom is -0.508 e. The highest BCUT2D eigenvalue weighted by molar-refractivity contribution is 5.88. The fourth-order valence-corrected chi connectivity index (χ4v) is 5.92. The first-order chi connectivity index (χ1) is 25.6. The largest absolute Gasteiger partial charge is 0.508 e. The number of aromatic hydroxyl groups is 5. The second-order valence-corrected chi connectivity index (χ2v) is 12.6. The minimum absolute atomic E-state index is 0.0339. The molecule has 0 bridgehead atoms. The van der Waals surface area contributed by atoms with Gasteiger partial charge < -0.3 is 79.2 Å². The van der Waals surface area contributed by atoms with Crippen LogP contribution in [-0.2, 0) is 23.7 Å². The smallest absolute Gasteiger partial charge is 0.331 e. The number of aliphatic hydroxyl groups is 5. The zero-order valence-corrected chi connectivity index (χ0v) is 28.1. The fraction of sp³-hybridized carbons (Fsp3) is 0.333. The van der Waals surface area contributed by atoms with E-state index in [1.807, 2.05) is 0 Å². The van der Waals surface area contributed by atoms with Crippen LogP contribution in [0.1, 0.15) is 12.5 Å². The first-order valence-electron chi connectivity index (χ1n) is 16.3. The van der Waals surface area contributed by atoms with Gasteiger partial charge in [-0.1, -0.05) is 12.1 Å². The Morgan fingerprint density at radius 3 is 2.17 bits per heavy atom. The molecule has 2 aliphatic rings. The van der Waals surface area contributed by atoms with Crippen molar-refractivity contribution in [1.29, 1.82) is 0 Å². The van der Waals surface area contributed by atoms with Crippen molar-refractivity contribution in [3.63, 3.8) is 0 Å². The molecule has 3 heterocycles. The van der Waals surface area contributed by atoms with E-state index in [2.05, 4.69) is 0 Å². The van der Waals surface area contributed by atoms with E-state index in [9.17, 15) is 60.7 Å². The SMILES string of the molecule is C[C@@H]1O[C@@H](OC[C@@H]2O[C@@H](Oc3c(-c4ccc(O)c(O)c4)oc4cc(O)cc(O)c4c3=O)[C@@H](O)[C@@H](O)[C@H]2O)[C@H](O)[C@@H](O)[C@H]1OC(=O)C=Cc1ccc(O)cc1. The number of phenolic OH excluding ortho intramolecular Hbond substituents is 5. The van der Waals surface area contributed by atoms with Gasteiger partial charge in [-0.25, -0.2) is 4.79 Å². The predicted molar refractivity (Wildman–Crippen MR) is 181 cm³/mol. The molecule has 288 valence electrons. The third-order valence-electron chi connectivity index (χ3n) is 8.82. The summed E-state index contributed by atoms with van der Waals surface area (Å²) in [7, 11) is 0. The Hall–Kier alpha value is -5.44. The summed E-state index contributed by atoms with van der Waals surface area (Å²) in [5.74, 6) is -4.30. The van der Waals surface area contributed by atoms with Crippen LogP contribution >= 0.6 is 0 Å². The van der Waals surface area contributed by atoms with Crippen molar-refractivity contribution in [2.45, 2.75) is 68.3 Å². The van der Waals surface area contributed by atoms with Crippen LogP contribution in [0.5, 0.6) is 34.5 Å². The van der Waals surface area contributed by atoms with E-state index in [4.69, 9.17) is 28.1 Å². The van der Waals surface area contributed by atoms with Crippen LogP contribution < -0.4 is 10.2 Å². The van der Waals surface area contributed by atoms with Crippen LogP contribution in [-0.4, -0.2) is 125 Å². The van der Waals surface area contributed by atoms with E-state index in [1.165, 1.54) is 31.2 Å². The number of benzene rings is 3. The molecular weight excluding hydrogens is 720 g/mol. The maximum Gasteiger partial charge on any atom is 0.331 e. The van der Waals surface area contributed by atoms with E-state index in [1.54, 1.807) is 12.1 Å². The molecule has 0 amide bonds. The zero-order valence-electron chi connectivity index (χ0n) is 28.1. The number of hydrogen-bond acceptors (Lipinski definition) is 18. The summed E-state index contributed by atoms with van der Waals surface area (Å²) in [6, 6.07) is 11.1. The van der Waals surface area contributed by atoms with Crippen LogP contribution in [0.3, 0.4) is 0 Å². The summed E-state index contributed by atoms with van der Waals surface area (Å²) in [6.45, 7) is 0.764. The second kappa shape index (κ2) is 15.5. The van der Waals surface area contributed by atoms with Crippen LogP contribution in [0.25, 0.3) is 28.4 Å². The summed E-state index contributed by atoms with van der Waals surface area (Å²) in [5.41, 5.74) is -0.845. The highest BCUT2D eigenvalue weighted by atomic mass is 16.7. The van der Waals surface area contributed by atoms with Gasteiger partial charge in [0.15, 0.2) is 29.7 Å². The summed E-state index contributed by atoms with van der Waals surface area (Å²) in [5, 5.41) is 103. The van der Waals surface area contributed by atoms with Gasteiger partial charge in [0.2, 0.25) is 17.5 Å². The van der Waals surface area contributed by atoms with E-state index >= 15 is 0 Å². The number of phenols is 5. The Labute approximate surface area is 304 Å². The fourth-order valence-electron chi connectivity index (χ4n) is 5.92. The molecule has 0 radical (unpaired) electrons. The quantitative estimate of drug-likeness (QED) is 0.0623. The minimum atomic E-state index is -2.02. The molecule has 18 heteroatoms. The van der Waals surface area contributed by atoms with Crippen LogP contribution in [0.4, 0.5) is 0 Å². The van der Waals surface area contributed by atoms with Gasteiger partial charge in [0.25, 0.3) is 0 Å². The first-order valence-corrected chi connectivity index (χ1v) is 16.3. The molecule has 3 aromatic carbocycles. The summed E-state index contributed by atoms with van der Waals surface area (Å²) in [4.78, 5) is 26.2. The molecule has 2 fully saturated rings. The Balaban J connectivity index is 1.18. The maximum atomic E-state index is 13.7. The molecule has 2 saturated heterocycles. The molecule has 0 unspecified atom stereocenters. The highest BCUT2D eigenvalue weighted by Crippen LogP contribution is 2.39. The van der Waals surface area contributed by atoms with Crippen LogP contribution in [0.15, 0.2) is 69.9 Å². The average Bonchev–Trinajstić information content (AvgIpc) is 3.13. The van der Waals surface area contributed by atoms with Crippen LogP contribution in [0, 0.1) is 0 Å². The van der Waals surface area contributed by atoms with E-state index < -0.39 is 119 Å². The summed E-state index contributed by atoms with van der Waals surface area (Å²) in [6.07, 6.45) is -14.3. The number of ether oxygens (including phenoxy) is 5. The summed E-state index contributed by atoms with van der Waals surface area (Å²) >= 11 is 0. The van der Waals surface area contributed by atoms with Crippen LogP contribution in [0.2, 0.25) is 0 Å². The van der Waals surface area contributed by atoms with Crippen molar-refractivity contribution in [1.82, 2.24) is 0 Å². The number of aliphatic hydroxyl groups excluding tert-OH is 5. The lowest BCUT2D eigenvalue weighted by atomic mass is 9.98. The Morgan fingerprint density at radius 1 is 0.759 bits per heavy atom. The topological polar surface area (TPSA) is 296 Å². The monoisotopic (exact) mass is 756 g/mol. The van der Waals surface area contributed by atoms with Gasteiger partial charge in [-0.2, -0.15) is 0 Å². The molecule has 6 rings (SSSR count). The number of hydrogen-bond donors (Lipinski definition) is 10. The van der Waals surface area contributed by atoms with E-state index in [-0.39, 0.29) is 16.9 Å². The maximum absolute atomic E-state index is 13.7. The predicted octanol–water partition coefficient (Wildman–Crippen LogP) is 0.283. The molecular formula is C36H36O18. The van der Waals surface area contributed by atoms with E-state index in [0.717, 1.165) is 30.3 Å². The third-order valence-corrected chi connectivity index (χ3v) is 8.82. The molecule has 10 atom stereocenters. The van der Waals surface area contributed by atoms with Crippen molar-refractivity contribution in [3.05, 3.63) is 76.5 Å². The molecule has 2 aliphatic heterocycles. The molecule has 10 N–H and O–H groups in total. The van der Waals surface area contributed by atoms with Crippen molar-refractivity contribution < 1.29 is 84.0 Å². The molecule has 54 heavy (non-hydrogen) atoms. The molecule has 1 aromatic heterocycles. The van der Waals surface area contributed by atoms with Crippen molar-refractivity contribution in [2.75, 3.05) is 6.61 Å². The molecule has 4 aromatic rings. The van der Waals surface area contributed by atoms with Crippen molar-refractivity contribution in [2.24, 2.45) is 0 Å². The number of fused-ring (bicyclic) bond motifs is 1. The first kappa shape index (κ1) is 38.3.